The van der Waals surface area contributed by atoms with Crippen molar-refractivity contribution >= 4 is 5.69 Å². The van der Waals surface area contributed by atoms with E-state index in [1.54, 1.807) is 12.1 Å². The highest BCUT2D eigenvalue weighted by Crippen LogP contribution is 2.26. The van der Waals surface area contributed by atoms with E-state index in [2.05, 4.69) is 5.32 Å². The number of nitriles is 1. The van der Waals surface area contributed by atoms with Gasteiger partial charge in [0.15, 0.2) is 0 Å². The lowest BCUT2D eigenvalue weighted by Crippen LogP contribution is -2.08. The van der Waals surface area contributed by atoms with Gasteiger partial charge in [0.25, 0.3) is 0 Å². The molecule has 2 aromatic rings. The SMILES string of the molecule is Cc1cc(C(C)Nc2ccc(C#N)cc2F)c(C)o1. The van der Waals surface area contributed by atoms with E-state index >= 15 is 0 Å². The Hall–Kier alpha value is -2.28. The molecule has 1 atom stereocenters. The predicted octanol–water partition coefficient (Wildman–Crippen LogP) is 4.08. The molecule has 2 rings (SSSR count). The molecule has 4 heteroatoms. The number of anilines is 1. The molecule has 0 saturated heterocycles. The number of aryl methyl sites for hydroxylation is 2. The Morgan fingerprint density at radius 1 is 1.32 bits per heavy atom. The summed E-state index contributed by atoms with van der Waals surface area (Å²) in [4.78, 5) is 0. The Morgan fingerprint density at radius 2 is 2.05 bits per heavy atom. The van der Waals surface area contributed by atoms with Gasteiger partial charge in [0.1, 0.15) is 17.3 Å². The number of hydrogen-bond donors (Lipinski definition) is 1. The van der Waals surface area contributed by atoms with Crippen molar-refractivity contribution in [2.45, 2.75) is 26.8 Å². The number of hydrogen-bond acceptors (Lipinski definition) is 3. The van der Waals surface area contributed by atoms with Gasteiger partial charge in [0, 0.05) is 5.56 Å². The fourth-order valence-corrected chi connectivity index (χ4v) is 2.09. The molecule has 0 aliphatic heterocycles. The summed E-state index contributed by atoms with van der Waals surface area (Å²) in [6, 6.07) is 8.17. The highest BCUT2D eigenvalue weighted by Gasteiger charge is 2.14. The molecule has 0 spiro atoms. The molecule has 1 aromatic carbocycles. The first-order valence-corrected chi connectivity index (χ1v) is 6.04. The van der Waals surface area contributed by atoms with Gasteiger partial charge < -0.3 is 9.73 Å². The Morgan fingerprint density at radius 3 is 2.58 bits per heavy atom. The van der Waals surface area contributed by atoms with E-state index in [0.29, 0.717) is 11.3 Å². The number of nitrogens with zero attached hydrogens (tertiary/aromatic N) is 1. The molecule has 1 aromatic heterocycles. The first-order chi connectivity index (χ1) is 9.01. The molecule has 1 N–H and O–H groups in total. The zero-order valence-electron chi connectivity index (χ0n) is 11.1. The normalized spacial score (nSPS) is 11.9. The third-order valence-corrected chi connectivity index (χ3v) is 3.02. The quantitative estimate of drug-likeness (QED) is 0.902. The molecule has 0 saturated carbocycles. The van der Waals surface area contributed by atoms with Crippen LogP contribution in [0.25, 0.3) is 0 Å². The van der Waals surface area contributed by atoms with Crippen LogP contribution < -0.4 is 5.32 Å². The van der Waals surface area contributed by atoms with Crippen molar-refractivity contribution in [2.24, 2.45) is 0 Å². The van der Waals surface area contributed by atoms with Gasteiger partial charge in [-0.3, -0.25) is 0 Å². The van der Waals surface area contributed by atoms with Crippen LogP contribution in [0, 0.1) is 31.0 Å². The minimum Gasteiger partial charge on any atom is -0.466 e. The Bertz CT molecular complexity index is 640. The standard InChI is InChI=1S/C15H15FN2O/c1-9-6-13(11(3)19-9)10(2)18-15-5-4-12(8-17)7-14(15)16/h4-7,10,18H,1-3H3. The largest absolute Gasteiger partial charge is 0.466 e. The van der Waals surface area contributed by atoms with Crippen molar-refractivity contribution < 1.29 is 8.81 Å². The first-order valence-electron chi connectivity index (χ1n) is 6.04. The van der Waals surface area contributed by atoms with E-state index in [-0.39, 0.29) is 6.04 Å². The summed E-state index contributed by atoms with van der Waals surface area (Å²) in [6.07, 6.45) is 0. The summed E-state index contributed by atoms with van der Waals surface area (Å²) in [6.45, 7) is 5.70. The monoisotopic (exact) mass is 258 g/mol. The number of benzene rings is 1. The van der Waals surface area contributed by atoms with Crippen LogP contribution in [-0.2, 0) is 0 Å². The van der Waals surface area contributed by atoms with E-state index in [4.69, 9.17) is 9.68 Å². The van der Waals surface area contributed by atoms with E-state index in [1.807, 2.05) is 32.9 Å². The van der Waals surface area contributed by atoms with Gasteiger partial charge >= 0.3 is 0 Å². The fraction of sp³-hybridized carbons (Fsp3) is 0.267. The van der Waals surface area contributed by atoms with E-state index in [1.165, 1.54) is 6.07 Å². The summed E-state index contributed by atoms with van der Waals surface area (Å²) < 4.78 is 19.2. The molecule has 0 fully saturated rings. The molecule has 0 aliphatic rings. The Kier molecular flexibility index (Phi) is 3.57. The average Bonchev–Trinajstić information content (AvgIpc) is 2.71. The van der Waals surface area contributed by atoms with Crippen LogP contribution in [0.3, 0.4) is 0 Å². The molecule has 0 aliphatic carbocycles. The molecule has 19 heavy (non-hydrogen) atoms. The van der Waals surface area contributed by atoms with E-state index in [0.717, 1.165) is 17.1 Å². The highest BCUT2D eigenvalue weighted by atomic mass is 19.1. The first kappa shape index (κ1) is 13.2. The van der Waals surface area contributed by atoms with Crippen molar-refractivity contribution in [3.8, 4) is 6.07 Å². The maximum atomic E-state index is 13.8. The van der Waals surface area contributed by atoms with Crippen LogP contribution in [0.1, 0.15) is 35.6 Å². The molecule has 0 amide bonds. The van der Waals surface area contributed by atoms with E-state index < -0.39 is 5.82 Å². The molecule has 98 valence electrons. The molecule has 3 nitrogen and oxygen atoms in total. The molecule has 0 bridgehead atoms. The number of rotatable bonds is 3. The second-order valence-electron chi connectivity index (χ2n) is 4.54. The van der Waals surface area contributed by atoms with Crippen LogP contribution in [-0.4, -0.2) is 0 Å². The lowest BCUT2D eigenvalue weighted by Gasteiger charge is -2.15. The van der Waals surface area contributed by atoms with Crippen molar-refractivity contribution in [3.63, 3.8) is 0 Å². The zero-order chi connectivity index (χ0) is 14.0. The zero-order valence-corrected chi connectivity index (χ0v) is 11.1. The lowest BCUT2D eigenvalue weighted by atomic mass is 10.1. The summed E-state index contributed by atoms with van der Waals surface area (Å²) >= 11 is 0. The summed E-state index contributed by atoms with van der Waals surface area (Å²) in [5.74, 6) is 1.23. The predicted molar refractivity (Wildman–Crippen MR) is 71.3 cm³/mol. The average molecular weight is 258 g/mol. The number of nitrogens with one attached hydrogen (secondary N) is 1. The molecule has 1 heterocycles. The Balaban J connectivity index is 2.22. The van der Waals surface area contributed by atoms with Crippen molar-refractivity contribution in [1.29, 1.82) is 5.26 Å². The summed E-state index contributed by atoms with van der Waals surface area (Å²) in [5, 5.41) is 11.8. The number of halogens is 1. The van der Waals surface area contributed by atoms with Gasteiger partial charge in [-0.25, -0.2) is 4.39 Å². The minimum absolute atomic E-state index is 0.0696. The summed E-state index contributed by atoms with van der Waals surface area (Å²) in [5.41, 5.74) is 1.69. The van der Waals surface area contributed by atoms with Crippen LogP contribution >= 0.6 is 0 Å². The summed E-state index contributed by atoms with van der Waals surface area (Å²) in [7, 11) is 0. The van der Waals surface area contributed by atoms with Gasteiger partial charge in [-0.2, -0.15) is 5.26 Å². The highest BCUT2D eigenvalue weighted by molar-refractivity contribution is 5.50. The van der Waals surface area contributed by atoms with Gasteiger partial charge in [0.05, 0.1) is 23.4 Å². The lowest BCUT2D eigenvalue weighted by molar-refractivity contribution is 0.499. The van der Waals surface area contributed by atoms with Crippen molar-refractivity contribution in [1.82, 2.24) is 0 Å². The van der Waals surface area contributed by atoms with Crippen LogP contribution in [0.5, 0.6) is 0 Å². The van der Waals surface area contributed by atoms with Gasteiger partial charge in [0.2, 0.25) is 0 Å². The maximum Gasteiger partial charge on any atom is 0.147 e. The topological polar surface area (TPSA) is 49.0 Å². The molecular formula is C15H15FN2O. The van der Waals surface area contributed by atoms with E-state index in [9.17, 15) is 4.39 Å². The fourth-order valence-electron chi connectivity index (χ4n) is 2.09. The smallest absolute Gasteiger partial charge is 0.147 e. The minimum atomic E-state index is -0.427. The maximum absolute atomic E-state index is 13.8. The van der Waals surface area contributed by atoms with Crippen LogP contribution in [0.4, 0.5) is 10.1 Å². The van der Waals surface area contributed by atoms with Gasteiger partial charge in [-0.1, -0.05) is 0 Å². The van der Waals surface area contributed by atoms with Crippen molar-refractivity contribution in [3.05, 3.63) is 52.7 Å². The molecule has 0 radical (unpaired) electrons. The third-order valence-electron chi connectivity index (χ3n) is 3.02. The van der Waals surface area contributed by atoms with Crippen LogP contribution in [0.2, 0.25) is 0 Å². The second-order valence-corrected chi connectivity index (χ2v) is 4.54. The van der Waals surface area contributed by atoms with Gasteiger partial charge in [-0.15, -0.1) is 0 Å². The number of furan rings is 1. The van der Waals surface area contributed by atoms with Gasteiger partial charge in [-0.05, 0) is 45.0 Å². The second kappa shape index (κ2) is 5.15. The third kappa shape index (κ3) is 2.76. The molecular weight excluding hydrogens is 243 g/mol. The molecule has 1 unspecified atom stereocenters. The van der Waals surface area contributed by atoms with Crippen LogP contribution in [0.15, 0.2) is 28.7 Å². The Labute approximate surface area is 111 Å². The van der Waals surface area contributed by atoms with Crippen molar-refractivity contribution in [2.75, 3.05) is 5.32 Å².